The second-order valence-corrected chi connectivity index (χ2v) is 7.45. The number of rotatable bonds is 5. The van der Waals surface area contributed by atoms with E-state index >= 15 is 0 Å². The van der Waals surface area contributed by atoms with Crippen molar-refractivity contribution in [3.8, 4) is 11.5 Å². The zero-order valence-electron chi connectivity index (χ0n) is 17.0. The molecule has 0 saturated carbocycles. The van der Waals surface area contributed by atoms with Crippen LogP contribution in [0.3, 0.4) is 0 Å². The van der Waals surface area contributed by atoms with Crippen molar-refractivity contribution in [2.45, 2.75) is 6.61 Å². The summed E-state index contributed by atoms with van der Waals surface area (Å²) in [6.07, 6.45) is 1.51. The number of nitrogens with one attached hydrogen (secondary N) is 1. The maximum atomic E-state index is 12.4. The fourth-order valence-corrected chi connectivity index (χ4v) is 3.47. The van der Waals surface area contributed by atoms with Crippen LogP contribution in [0.5, 0.6) is 11.5 Å². The molecule has 6 nitrogen and oxygen atoms in total. The SMILES string of the molecule is COc1cc(/C=C2\C(=O)NC(=S)N(C)C2=O)ccc1OCc1ccc2ccccc2c1. The van der Waals surface area contributed by atoms with E-state index in [2.05, 4.69) is 29.6 Å². The van der Waals surface area contributed by atoms with Crippen LogP contribution in [-0.4, -0.2) is 36.0 Å². The lowest BCUT2D eigenvalue weighted by Crippen LogP contribution is -2.52. The van der Waals surface area contributed by atoms with E-state index in [1.807, 2.05) is 18.2 Å². The summed E-state index contributed by atoms with van der Waals surface area (Å²) in [5.41, 5.74) is 1.67. The van der Waals surface area contributed by atoms with Crippen LogP contribution in [0, 0.1) is 0 Å². The van der Waals surface area contributed by atoms with Crippen molar-refractivity contribution in [2.75, 3.05) is 14.2 Å². The Kier molecular flexibility index (Phi) is 5.68. The van der Waals surface area contributed by atoms with Gasteiger partial charge in [-0.05, 0) is 58.4 Å². The van der Waals surface area contributed by atoms with E-state index in [0.29, 0.717) is 23.7 Å². The van der Waals surface area contributed by atoms with Crippen LogP contribution in [0.4, 0.5) is 0 Å². The molecule has 0 aliphatic carbocycles. The molecule has 7 heteroatoms. The zero-order chi connectivity index (χ0) is 22.0. The van der Waals surface area contributed by atoms with Crippen molar-refractivity contribution < 1.29 is 19.1 Å². The van der Waals surface area contributed by atoms with Gasteiger partial charge in [-0.15, -0.1) is 0 Å². The number of ether oxygens (including phenoxy) is 2. The molecule has 0 radical (unpaired) electrons. The molecule has 1 aliphatic rings. The van der Waals surface area contributed by atoms with Crippen LogP contribution in [-0.2, 0) is 16.2 Å². The van der Waals surface area contributed by atoms with E-state index in [-0.39, 0.29) is 10.7 Å². The van der Waals surface area contributed by atoms with Gasteiger partial charge < -0.3 is 9.47 Å². The summed E-state index contributed by atoms with van der Waals surface area (Å²) in [6.45, 7) is 0.380. The highest BCUT2D eigenvalue weighted by atomic mass is 32.1. The van der Waals surface area contributed by atoms with Gasteiger partial charge in [0, 0.05) is 7.05 Å². The molecule has 4 rings (SSSR count). The Hall–Kier alpha value is -3.71. The third kappa shape index (κ3) is 4.27. The number of thiocarbonyl (C=S) groups is 1. The first-order valence-electron chi connectivity index (χ1n) is 9.60. The Bertz CT molecular complexity index is 1240. The molecular formula is C24H20N2O4S. The van der Waals surface area contributed by atoms with Gasteiger partial charge in [-0.1, -0.05) is 42.5 Å². The van der Waals surface area contributed by atoms with Crippen molar-refractivity contribution >= 4 is 46.0 Å². The minimum Gasteiger partial charge on any atom is -0.493 e. The molecule has 3 aromatic rings. The topological polar surface area (TPSA) is 67.9 Å². The average molecular weight is 433 g/mol. The van der Waals surface area contributed by atoms with Crippen LogP contribution >= 0.6 is 12.2 Å². The van der Waals surface area contributed by atoms with E-state index in [9.17, 15) is 9.59 Å². The molecule has 0 aromatic heterocycles. The maximum absolute atomic E-state index is 12.4. The molecule has 3 aromatic carbocycles. The van der Waals surface area contributed by atoms with Gasteiger partial charge in [-0.3, -0.25) is 19.8 Å². The first-order valence-corrected chi connectivity index (χ1v) is 10.0. The maximum Gasteiger partial charge on any atom is 0.265 e. The minimum atomic E-state index is -0.524. The highest BCUT2D eigenvalue weighted by molar-refractivity contribution is 7.80. The number of fused-ring (bicyclic) bond motifs is 1. The lowest BCUT2D eigenvalue weighted by atomic mass is 10.1. The lowest BCUT2D eigenvalue weighted by Gasteiger charge is -2.25. The van der Waals surface area contributed by atoms with Gasteiger partial charge >= 0.3 is 0 Å². The second-order valence-electron chi connectivity index (χ2n) is 7.06. The summed E-state index contributed by atoms with van der Waals surface area (Å²) in [7, 11) is 3.06. The first-order chi connectivity index (χ1) is 15.0. The summed E-state index contributed by atoms with van der Waals surface area (Å²) in [6, 6.07) is 19.6. The van der Waals surface area contributed by atoms with Gasteiger partial charge in [-0.2, -0.15) is 0 Å². The van der Waals surface area contributed by atoms with Crippen LogP contribution < -0.4 is 14.8 Å². The van der Waals surface area contributed by atoms with Gasteiger partial charge in [0.25, 0.3) is 11.8 Å². The lowest BCUT2D eigenvalue weighted by molar-refractivity contribution is -0.128. The van der Waals surface area contributed by atoms with Gasteiger partial charge in [-0.25, -0.2) is 0 Å². The second kappa shape index (κ2) is 8.57. The van der Waals surface area contributed by atoms with Crippen LogP contribution in [0.1, 0.15) is 11.1 Å². The van der Waals surface area contributed by atoms with Crippen molar-refractivity contribution in [2.24, 2.45) is 0 Å². The Balaban J connectivity index is 1.54. The largest absolute Gasteiger partial charge is 0.493 e. The van der Waals surface area contributed by atoms with E-state index < -0.39 is 11.8 Å². The minimum absolute atomic E-state index is 0.00276. The number of methoxy groups -OCH3 is 1. The normalized spacial score (nSPS) is 15.4. The summed E-state index contributed by atoms with van der Waals surface area (Å²) in [4.78, 5) is 25.8. The molecule has 1 heterocycles. The molecule has 0 unspecified atom stereocenters. The fourth-order valence-electron chi connectivity index (χ4n) is 3.30. The molecule has 1 fully saturated rings. The Morgan fingerprint density at radius 2 is 1.77 bits per heavy atom. The molecule has 0 bridgehead atoms. The Morgan fingerprint density at radius 3 is 2.55 bits per heavy atom. The Labute approximate surface area is 185 Å². The summed E-state index contributed by atoms with van der Waals surface area (Å²) in [5, 5.41) is 4.90. The Morgan fingerprint density at radius 1 is 1.00 bits per heavy atom. The fraction of sp³-hybridized carbons (Fsp3) is 0.125. The molecule has 1 aliphatic heterocycles. The quantitative estimate of drug-likeness (QED) is 0.378. The van der Waals surface area contributed by atoms with Crippen LogP contribution in [0.2, 0.25) is 0 Å². The number of nitrogens with zero attached hydrogens (tertiary/aromatic N) is 1. The summed E-state index contributed by atoms with van der Waals surface area (Å²) < 4.78 is 11.4. The number of hydrogen-bond donors (Lipinski definition) is 1. The monoisotopic (exact) mass is 432 g/mol. The number of carbonyl (C=O) groups excluding carboxylic acids is 2. The predicted octanol–water partition coefficient (Wildman–Crippen LogP) is 3.68. The molecule has 31 heavy (non-hydrogen) atoms. The number of amides is 2. The van der Waals surface area contributed by atoms with Crippen LogP contribution in [0.15, 0.2) is 66.2 Å². The van der Waals surface area contributed by atoms with Crippen molar-refractivity contribution in [1.29, 1.82) is 0 Å². The molecular weight excluding hydrogens is 412 g/mol. The average Bonchev–Trinajstić information content (AvgIpc) is 2.79. The van der Waals surface area contributed by atoms with E-state index in [1.165, 1.54) is 23.4 Å². The molecule has 0 atom stereocenters. The van der Waals surface area contributed by atoms with Crippen LogP contribution in [0.25, 0.3) is 16.8 Å². The van der Waals surface area contributed by atoms with E-state index in [0.717, 1.165) is 10.9 Å². The predicted molar refractivity (Wildman–Crippen MR) is 123 cm³/mol. The third-order valence-electron chi connectivity index (χ3n) is 5.01. The number of benzene rings is 3. The summed E-state index contributed by atoms with van der Waals surface area (Å²) >= 11 is 4.96. The molecule has 1 N–H and O–H groups in total. The van der Waals surface area contributed by atoms with Gasteiger partial charge in [0.2, 0.25) is 0 Å². The highest BCUT2D eigenvalue weighted by Crippen LogP contribution is 2.30. The third-order valence-corrected chi connectivity index (χ3v) is 5.39. The first kappa shape index (κ1) is 20.6. The van der Waals surface area contributed by atoms with Crippen molar-refractivity contribution in [3.63, 3.8) is 0 Å². The number of carbonyl (C=O) groups is 2. The molecule has 1 saturated heterocycles. The van der Waals surface area contributed by atoms with Gasteiger partial charge in [0.1, 0.15) is 12.2 Å². The smallest absolute Gasteiger partial charge is 0.265 e. The molecule has 2 amide bonds. The summed E-state index contributed by atoms with van der Waals surface area (Å²) in [5.74, 6) is 0.0891. The van der Waals surface area contributed by atoms with E-state index in [4.69, 9.17) is 21.7 Å². The van der Waals surface area contributed by atoms with Gasteiger partial charge in [0.05, 0.1) is 7.11 Å². The highest BCUT2D eigenvalue weighted by Gasteiger charge is 2.30. The van der Waals surface area contributed by atoms with Gasteiger partial charge in [0.15, 0.2) is 16.6 Å². The molecule has 156 valence electrons. The number of hydrogen-bond acceptors (Lipinski definition) is 5. The number of likely N-dealkylation sites (N-methyl/N-ethyl adjacent to an activating group) is 1. The van der Waals surface area contributed by atoms with Crippen molar-refractivity contribution in [1.82, 2.24) is 10.2 Å². The molecule has 0 spiro atoms. The zero-order valence-corrected chi connectivity index (χ0v) is 17.9. The van der Waals surface area contributed by atoms with Crippen molar-refractivity contribution in [3.05, 3.63) is 77.4 Å². The standard InChI is InChI=1S/C24H20N2O4S/c1-26-23(28)19(22(27)25-24(26)31)12-15-8-10-20(21(13-15)29-2)30-14-16-7-9-17-5-3-4-6-18(17)11-16/h3-13H,14H2,1-2H3,(H,25,27,31)/b19-12+. The van der Waals surface area contributed by atoms with E-state index in [1.54, 1.807) is 25.3 Å².